The summed E-state index contributed by atoms with van der Waals surface area (Å²) >= 11 is 0. The molecular weight excluding hydrogens is 320 g/mol. The number of carbonyl (C=O) groups excluding carboxylic acids is 1. The second-order valence-corrected chi connectivity index (χ2v) is 6.88. The molecule has 7 nitrogen and oxygen atoms in total. The van der Waals surface area contributed by atoms with E-state index in [1.807, 2.05) is 6.07 Å². The summed E-state index contributed by atoms with van der Waals surface area (Å²) in [6.45, 7) is 0. The maximum atomic E-state index is 12.8. The van der Waals surface area contributed by atoms with Crippen LogP contribution >= 0.6 is 0 Å². The number of ether oxygens (including phenoxy) is 1. The number of aromatic nitrogens is 3. The Morgan fingerprint density at radius 1 is 1.40 bits per heavy atom. The third-order valence-corrected chi connectivity index (χ3v) is 5.26. The smallest absolute Gasteiger partial charge is 0.272 e. The molecule has 4 rings (SSSR count). The lowest BCUT2D eigenvalue weighted by Crippen LogP contribution is -2.41. The summed E-state index contributed by atoms with van der Waals surface area (Å²) in [6, 6.07) is 1.67. The molecule has 0 radical (unpaired) electrons. The number of nitrogens with one attached hydrogen (secondary N) is 2. The first kappa shape index (κ1) is 16.1. The molecule has 2 aromatic rings. The van der Waals surface area contributed by atoms with Crippen LogP contribution < -0.4 is 10.1 Å². The molecule has 2 aliphatic carbocycles. The van der Waals surface area contributed by atoms with E-state index in [-0.39, 0.29) is 24.0 Å². The number of nitrogens with zero attached hydrogens (tertiary/aromatic N) is 2. The Bertz CT molecular complexity index is 782. The molecule has 1 amide bonds. The zero-order chi connectivity index (χ0) is 17.4. The lowest BCUT2D eigenvalue weighted by molar-refractivity contribution is 0.0234. The van der Waals surface area contributed by atoms with E-state index in [1.165, 1.54) is 0 Å². The van der Waals surface area contributed by atoms with E-state index >= 15 is 0 Å². The second-order valence-electron chi connectivity index (χ2n) is 6.88. The van der Waals surface area contributed by atoms with E-state index in [0.717, 1.165) is 36.1 Å². The maximum absolute atomic E-state index is 12.8. The number of hydrogen-bond acceptors (Lipinski definition) is 5. The average Bonchev–Trinajstić information content (AvgIpc) is 3.20. The molecule has 1 saturated carbocycles. The molecule has 0 spiro atoms. The number of fused-ring (bicyclic) bond motifs is 1. The SMILES string of the molecule is COc1cncc([C@@H](NC(=O)c2n[nH]c3c2CCC3)C2CC(O)C2)c1. The van der Waals surface area contributed by atoms with Crippen LogP contribution in [0, 0.1) is 5.92 Å². The number of aliphatic hydroxyl groups is 1. The average molecular weight is 342 g/mol. The summed E-state index contributed by atoms with van der Waals surface area (Å²) in [7, 11) is 1.59. The largest absolute Gasteiger partial charge is 0.495 e. The standard InChI is InChI=1S/C18H22N4O3/c1-25-13-7-11(8-19-9-13)16(10-5-12(23)6-10)20-18(24)17-14-3-2-4-15(14)21-22-17/h7-10,12,16,23H,2-6H2,1H3,(H,20,24)(H,21,22)/t10?,12?,16-/m0/s1. The fraction of sp³-hybridized carbons (Fsp3) is 0.500. The third kappa shape index (κ3) is 3.00. The molecule has 0 aromatic carbocycles. The van der Waals surface area contributed by atoms with Crippen LogP contribution in [0.1, 0.15) is 52.6 Å². The lowest BCUT2D eigenvalue weighted by Gasteiger charge is -2.38. The van der Waals surface area contributed by atoms with Gasteiger partial charge >= 0.3 is 0 Å². The Balaban J connectivity index is 1.58. The van der Waals surface area contributed by atoms with Crippen molar-refractivity contribution < 1.29 is 14.6 Å². The molecule has 132 valence electrons. The Morgan fingerprint density at radius 3 is 3.00 bits per heavy atom. The first-order valence-corrected chi connectivity index (χ1v) is 8.69. The summed E-state index contributed by atoms with van der Waals surface area (Å²) in [4.78, 5) is 17.0. The van der Waals surface area contributed by atoms with Crippen molar-refractivity contribution in [1.29, 1.82) is 0 Å². The Labute approximate surface area is 145 Å². The monoisotopic (exact) mass is 342 g/mol. The van der Waals surface area contributed by atoms with E-state index in [4.69, 9.17) is 4.74 Å². The highest BCUT2D eigenvalue weighted by Gasteiger charge is 2.37. The minimum Gasteiger partial charge on any atom is -0.495 e. The first-order chi connectivity index (χ1) is 12.2. The topological polar surface area (TPSA) is 100 Å². The van der Waals surface area contributed by atoms with Crippen molar-refractivity contribution in [2.45, 2.75) is 44.2 Å². The minimum atomic E-state index is -0.294. The van der Waals surface area contributed by atoms with Gasteiger partial charge in [0.05, 0.1) is 25.5 Å². The van der Waals surface area contributed by atoms with Crippen molar-refractivity contribution in [2.24, 2.45) is 5.92 Å². The Kier molecular flexibility index (Phi) is 4.17. The van der Waals surface area contributed by atoms with Crippen LogP contribution in [0.3, 0.4) is 0 Å². The second kappa shape index (κ2) is 6.48. The third-order valence-electron chi connectivity index (χ3n) is 5.26. The number of carbonyl (C=O) groups is 1. The van der Waals surface area contributed by atoms with E-state index < -0.39 is 0 Å². The summed E-state index contributed by atoms with van der Waals surface area (Å²) in [6.07, 6.45) is 7.32. The van der Waals surface area contributed by atoms with E-state index in [9.17, 15) is 9.90 Å². The first-order valence-electron chi connectivity index (χ1n) is 8.69. The summed E-state index contributed by atoms with van der Waals surface area (Å²) in [5.74, 6) is 0.658. The molecule has 1 atom stereocenters. The number of aromatic amines is 1. The van der Waals surface area contributed by atoms with Crippen LogP contribution in [-0.2, 0) is 12.8 Å². The van der Waals surface area contributed by atoms with Gasteiger partial charge in [-0.15, -0.1) is 0 Å². The van der Waals surface area contributed by atoms with Gasteiger partial charge in [0, 0.05) is 17.5 Å². The molecule has 2 aliphatic rings. The molecule has 0 aliphatic heterocycles. The highest BCUT2D eigenvalue weighted by atomic mass is 16.5. The van der Waals surface area contributed by atoms with Gasteiger partial charge in [-0.25, -0.2) is 0 Å². The lowest BCUT2D eigenvalue weighted by atomic mass is 9.75. The number of aryl methyl sites for hydroxylation is 1. The number of amides is 1. The normalized spacial score (nSPS) is 22.8. The zero-order valence-corrected chi connectivity index (χ0v) is 14.2. The van der Waals surface area contributed by atoms with Crippen LogP contribution in [0.5, 0.6) is 5.75 Å². The molecular formula is C18H22N4O3. The predicted octanol–water partition coefficient (Wildman–Crippen LogP) is 1.54. The minimum absolute atomic E-state index is 0.173. The van der Waals surface area contributed by atoms with E-state index in [2.05, 4.69) is 20.5 Å². The fourth-order valence-corrected chi connectivity index (χ4v) is 3.81. The van der Waals surface area contributed by atoms with Crippen molar-refractivity contribution in [3.8, 4) is 5.75 Å². The van der Waals surface area contributed by atoms with Gasteiger partial charge in [-0.1, -0.05) is 0 Å². The van der Waals surface area contributed by atoms with Crippen molar-refractivity contribution in [2.75, 3.05) is 7.11 Å². The van der Waals surface area contributed by atoms with Gasteiger partial charge in [-0.3, -0.25) is 14.9 Å². The molecule has 1 fully saturated rings. The van der Waals surface area contributed by atoms with E-state index in [0.29, 0.717) is 24.3 Å². The highest BCUT2D eigenvalue weighted by Crippen LogP contribution is 2.39. The highest BCUT2D eigenvalue weighted by molar-refractivity contribution is 5.94. The number of rotatable bonds is 5. The van der Waals surface area contributed by atoms with Gasteiger partial charge in [-0.05, 0) is 49.7 Å². The Morgan fingerprint density at radius 2 is 2.24 bits per heavy atom. The molecule has 0 saturated heterocycles. The number of H-pyrrole nitrogens is 1. The van der Waals surface area contributed by atoms with Crippen LogP contribution in [0.15, 0.2) is 18.5 Å². The number of hydrogen-bond donors (Lipinski definition) is 3. The van der Waals surface area contributed by atoms with Gasteiger partial charge < -0.3 is 15.2 Å². The van der Waals surface area contributed by atoms with Crippen molar-refractivity contribution in [3.05, 3.63) is 41.0 Å². The molecule has 7 heteroatoms. The summed E-state index contributed by atoms with van der Waals surface area (Å²) in [5.41, 5.74) is 3.49. The summed E-state index contributed by atoms with van der Waals surface area (Å²) in [5, 5.41) is 20.0. The molecule has 25 heavy (non-hydrogen) atoms. The molecule has 3 N–H and O–H groups in total. The molecule has 2 heterocycles. The van der Waals surface area contributed by atoms with Crippen molar-refractivity contribution >= 4 is 5.91 Å². The fourth-order valence-electron chi connectivity index (χ4n) is 3.81. The van der Waals surface area contributed by atoms with Crippen molar-refractivity contribution in [3.63, 3.8) is 0 Å². The van der Waals surface area contributed by atoms with Gasteiger partial charge in [0.15, 0.2) is 5.69 Å². The van der Waals surface area contributed by atoms with E-state index in [1.54, 1.807) is 19.5 Å². The number of pyridine rings is 1. The van der Waals surface area contributed by atoms with Crippen LogP contribution in [0.25, 0.3) is 0 Å². The van der Waals surface area contributed by atoms with Gasteiger partial charge in [0.25, 0.3) is 5.91 Å². The quantitative estimate of drug-likeness (QED) is 0.765. The number of methoxy groups -OCH3 is 1. The maximum Gasteiger partial charge on any atom is 0.272 e. The van der Waals surface area contributed by atoms with Crippen LogP contribution in [-0.4, -0.2) is 39.4 Å². The van der Waals surface area contributed by atoms with Gasteiger partial charge in [0.2, 0.25) is 0 Å². The zero-order valence-electron chi connectivity index (χ0n) is 14.2. The predicted molar refractivity (Wildman–Crippen MR) is 90.3 cm³/mol. The molecule has 2 aromatic heterocycles. The van der Waals surface area contributed by atoms with Gasteiger partial charge in [-0.2, -0.15) is 5.10 Å². The number of aliphatic hydroxyl groups excluding tert-OH is 1. The molecule has 0 unspecified atom stereocenters. The molecule has 0 bridgehead atoms. The van der Waals surface area contributed by atoms with Gasteiger partial charge in [0.1, 0.15) is 5.75 Å². The van der Waals surface area contributed by atoms with Crippen LogP contribution in [0.4, 0.5) is 0 Å². The van der Waals surface area contributed by atoms with Crippen molar-refractivity contribution in [1.82, 2.24) is 20.5 Å². The Hall–Kier alpha value is -2.41. The van der Waals surface area contributed by atoms with Crippen LogP contribution in [0.2, 0.25) is 0 Å². The summed E-state index contributed by atoms with van der Waals surface area (Å²) < 4.78 is 5.25.